The van der Waals surface area contributed by atoms with Gasteiger partial charge in [0, 0.05) is 0 Å². The molecule has 3 heterocycles. The van der Waals surface area contributed by atoms with Crippen LogP contribution in [0, 0.1) is 45.3 Å². The van der Waals surface area contributed by atoms with Crippen LogP contribution in [-0.4, -0.2) is 207 Å². The highest BCUT2D eigenvalue weighted by Crippen LogP contribution is 2.76. The molecule has 0 aromatic carbocycles. The van der Waals surface area contributed by atoms with Crippen LogP contribution in [0.15, 0.2) is 11.6 Å². The van der Waals surface area contributed by atoms with E-state index in [0.717, 1.165) is 5.57 Å². The predicted octanol–water partition coefficient (Wildman–Crippen LogP) is -1.74. The fourth-order valence-electron chi connectivity index (χ4n) is 15.1. The number of aliphatic hydroxyl groups excluding tert-OH is 13. The Morgan fingerprint density at radius 3 is 1.90 bits per heavy atom. The van der Waals surface area contributed by atoms with Gasteiger partial charge in [0.05, 0.1) is 43.7 Å². The molecule has 20 nitrogen and oxygen atoms in total. The molecule has 7 fully saturated rings. The quantitative estimate of drug-likeness (QED) is 0.0720. The first-order chi connectivity index (χ1) is 31.6. The molecule has 0 radical (unpaired) electrons. The van der Waals surface area contributed by atoms with Crippen molar-refractivity contribution in [3.8, 4) is 0 Å². The Labute approximate surface area is 398 Å². The van der Waals surface area contributed by atoms with Crippen LogP contribution in [0.4, 0.5) is 0 Å². The highest BCUT2D eigenvalue weighted by atomic mass is 16.8. The van der Waals surface area contributed by atoms with Crippen molar-refractivity contribution >= 4 is 0 Å². The maximum Gasteiger partial charge on any atom is 0.221 e. The van der Waals surface area contributed by atoms with Gasteiger partial charge in [0.2, 0.25) is 5.79 Å². The summed E-state index contributed by atoms with van der Waals surface area (Å²) in [6.07, 6.45) is -19.9. The van der Waals surface area contributed by atoms with Gasteiger partial charge in [0.15, 0.2) is 18.9 Å². The summed E-state index contributed by atoms with van der Waals surface area (Å²) in [5.41, 5.74) is -2.38. The van der Waals surface area contributed by atoms with Crippen LogP contribution in [0.2, 0.25) is 0 Å². The van der Waals surface area contributed by atoms with E-state index in [1.54, 1.807) is 0 Å². The van der Waals surface area contributed by atoms with E-state index in [2.05, 4.69) is 26.8 Å². The number of allylic oxidation sites excluding steroid dienone is 2. The average molecular weight is 979 g/mol. The molecule has 3 aliphatic heterocycles. The van der Waals surface area contributed by atoms with E-state index >= 15 is 0 Å². The lowest BCUT2D eigenvalue weighted by molar-refractivity contribution is -0.424. The van der Waals surface area contributed by atoms with Gasteiger partial charge in [-0.25, -0.2) is 0 Å². The summed E-state index contributed by atoms with van der Waals surface area (Å²) in [5.74, 6) is -3.89. The topological polar surface area (TPSA) is 339 Å². The Morgan fingerprint density at radius 2 is 1.29 bits per heavy atom. The molecule has 0 aromatic heterocycles. The summed E-state index contributed by atoms with van der Waals surface area (Å²) in [6.45, 7) is 13.9. The Bertz CT molecular complexity index is 1770. The molecule has 7 aliphatic rings. The first kappa shape index (κ1) is 54.7. The van der Waals surface area contributed by atoms with E-state index in [1.165, 1.54) is 0 Å². The summed E-state index contributed by atoms with van der Waals surface area (Å²) in [6, 6.07) is 0. The molecule has 4 aliphatic carbocycles. The molecule has 14 N–H and O–H groups in total. The molecule has 20 heteroatoms. The summed E-state index contributed by atoms with van der Waals surface area (Å²) in [4.78, 5) is 0. The molecule has 394 valence electrons. The van der Waals surface area contributed by atoms with Gasteiger partial charge in [0.1, 0.15) is 67.1 Å². The smallest absolute Gasteiger partial charge is 0.221 e. The first-order valence-corrected chi connectivity index (χ1v) is 24.6. The van der Waals surface area contributed by atoms with Crippen LogP contribution >= 0.6 is 0 Å². The van der Waals surface area contributed by atoms with E-state index in [4.69, 9.17) is 28.4 Å². The van der Waals surface area contributed by atoms with Crippen molar-refractivity contribution in [3.05, 3.63) is 11.6 Å². The van der Waals surface area contributed by atoms with Gasteiger partial charge in [-0.2, -0.15) is 0 Å². The summed E-state index contributed by atoms with van der Waals surface area (Å²) >= 11 is 0. The van der Waals surface area contributed by atoms with Crippen molar-refractivity contribution in [2.24, 2.45) is 45.3 Å². The Kier molecular flexibility index (Phi) is 15.8. The Balaban J connectivity index is 1.15. The number of fused-ring (bicyclic) bond motifs is 5. The first-order valence-electron chi connectivity index (χ1n) is 24.6. The van der Waals surface area contributed by atoms with Crippen LogP contribution in [0.5, 0.6) is 0 Å². The van der Waals surface area contributed by atoms with Crippen LogP contribution < -0.4 is 0 Å². The molecular formula is C48H82O20. The predicted molar refractivity (Wildman–Crippen MR) is 236 cm³/mol. The third-order valence-electron chi connectivity index (χ3n) is 18.8. The molecule has 68 heavy (non-hydrogen) atoms. The SMILES string of the molecule is CC(C)=CCCC(C)(OC1OC(CO)C(O)C(O)C1O)C1CCC2(C)C1C(O)CC1C3(C)CCC(OC4OC(CO)C(O)C(O)C4OC4OC(O)(CO)C(O)C(O)C4O)C(C)(C)C3C(O)CC12C. The van der Waals surface area contributed by atoms with Gasteiger partial charge < -0.3 is 99.9 Å². The van der Waals surface area contributed by atoms with E-state index in [9.17, 15) is 71.5 Å². The zero-order valence-electron chi connectivity index (χ0n) is 40.7. The third-order valence-corrected chi connectivity index (χ3v) is 18.8. The Morgan fingerprint density at radius 1 is 0.691 bits per heavy atom. The second kappa shape index (κ2) is 19.7. The monoisotopic (exact) mass is 979 g/mol. The van der Waals surface area contributed by atoms with Crippen LogP contribution in [0.3, 0.4) is 0 Å². The van der Waals surface area contributed by atoms with Crippen LogP contribution in [-0.2, 0) is 28.4 Å². The zero-order chi connectivity index (χ0) is 50.4. The number of aliphatic hydroxyl groups is 14. The molecule has 0 aromatic rings. The van der Waals surface area contributed by atoms with Crippen molar-refractivity contribution in [1.29, 1.82) is 0 Å². The summed E-state index contributed by atoms with van der Waals surface area (Å²) in [5, 5.41) is 152. The Hall–Kier alpha value is -1.06. The minimum atomic E-state index is -2.77. The molecule has 26 unspecified atom stereocenters. The fourth-order valence-corrected chi connectivity index (χ4v) is 15.1. The van der Waals surface area contributed by atoms with E-state index in [0.29, 0.717) is 51.4 Å². The van der Waals surface area contributed by atoms with Crippen LogP contribution in [0.25, 0.3) is 0 Å². The van der Waals surface area contributed by atoms with E-state index in [-0.39, 0.29) is 17.8 Å². The molecule has 4 saturated carbocycles. The van der Waals surface area contributed by atoms with Gasteiger partial charge in [-0.15, -0.1) is 0 Å². The lowest BCUT2D eigenvalue weighted by Gasteiger charge is -2.71. The van der Waals surface area contributed by atoms with Crippen molar-refractivity contribution in [2.45, 2.75) is 222 Å². The molecule has 0 spiro atoms. The number of ether oxygens (including phenoxy) is 6. The van der Waals surface area contributed by atoms with Gasteiger partial charge in [0.25, 0.3) is 0 Å². The summed E-state index contributed by atoms with van der Waals surface area (Å²) < 4.78 is 36.6. The molecule has 0 bridgehead atoms. The highest BCUT2D eigenvalue weighted by Gasteiger charge is 2.74. The highest BCUT2D eigenvalue weighted by molar-refractivity contribution is 5.22. The second-order valence-electron chi connectivity index (χ2n) is 23.3. The van der Waals surface area contributed by atoms with Gasteiger partial charge in [-0.1, -0.05) is 46.3 Å². The second-order valence-corrected chi connectivity index (χ2v) is 23.3. The van der Waals surface area contributed by atoms with Crippen molar-refractivity contribution in [3.63, 3.8) is 0 Å². The average Bonchev–Trinajstić information content (AvgIpc) is 3.66. The van der Waals surface area contributed by atoms with Gasteiger partial charge in [-0.3, -0.25) is 0 Å². The third kappa shape index (κ3) is 8.88. The van der Waals surface area contributed by atoms with E-state index in [1.807, 2.05) is 34.6 Å². The number of rotatable bonds is 13. The minimum absolute atomic E-state index is 0.100. The molecular weight excluding hydrogens is 897 g/mol. The van der Waals surface area contributed by atoms with Crippen molar-refractivity contribution in [2.75, 3.05) is 19.8 Å². The molecule has 0 amide bonds. The lowest BCUT2D eigenvalue weighted by Crippen LogP contribution is -2.71. The minimum Gasteiger partial charge on any atom is -0.394 e. The lowest BCUT2D eigenvalue weighted by atomic mass is 9.34. The van der Waals surface area contributed by atoms with Crippen molar-refractivity contribution in [1.82, 2.24) is 0 Å². The fraction of sp³-hybridized carbons (Fsp3) is 0.958. The maximum absolute atomic E-state index is 12.7. The van der Waals surface area contributed by atoms with Gasteiger partial charge >= 0.3 is 0 Å². The molecule has 26 atom stereocenters. The van der Waals surface area contributed by atoms with Gasteiger partial charge in [-0.05, 0) is 117 Å². The molecule has 7 rings (SSSR count). The maximum atomic E-state index is 12.7. The van der Waals surface area contributed by atoms with Crippen LogP contribution in [0.1, 0.15) is 107 Å². The van der Waals surface area contributed by atoms with E-state index < -0.39 is 163 Å². The summed E-state index contributed by atoms with van der Waals surface area (Å²) in [7, 11) is 0. The number of hydrogen-bond donors (Lipinski definition) is 14. The zero-order valence-corrected chi connectivity index (χ0v) is 40.7. The van der Waals surface area contributed by atoms with Crippen molar-refractivity contribution < 1.29 is 99.9 Å². The standard InChI is InChI=1S/C48H82O20/c1-21(2)10-9-13-47(8,67-40-35(59)32(56)30(54)25(18-49)63-40)22-11-15-45(6)29(22)23(52)16-27-44(5)14-12-28(43(3,4)38(44)24(53)17-46(27,45)7)65-42-37(33(57)31(55)26(19-50)64-42)66-41-36(60)34(58)39(61)48(62,20-51)68-41/h10,22-42,49-62H,9,11-20H2,1-8H3. The normalized spacial score (nSPS) is 53.4. The molecule has 3 saturated heterocycles. The number of hydrogen-bond acceptors (Lipinski definition) is 20. The largest absolute Gasteiger partial charge is 0.394 e.